The quantitative estimate of drug-likeness (QED) is 0.504. The molecule has 3 aromatic rings. The first-order valence-corrected chi connectivity index (χ1v) is 7.51. The molecule has 6 heteroatoms. The van der Waals surface area contributed by atoms with Crippen LogP contribution >= 0.6 is 0 Å². The Kier molecular flexibility index (Phi) is 4.52. The van der Waals surface area contributed by atoms with Crippen LogP contribution in [0.5, 0.6) is 17.2 Å². The Hall–Kier alpha value is -3.54. The highest BCUT2D eigenvalue weighted by Crippen LogP contribution is 2.27. The van der Waals surface area contributed by atoms with Gasteiger partial charge in [0.15, 0.2) is 11.5 Å². The summed E-state index contributed by atoms with van der Waals surface area (Å²) in [6.45, 7) is 0. The van der Waals surface area contributed by atoms with E-state index in [4.69, 9.17) is 4.74 Å². The summed E-state index contributed by atoms with van der Waals surface area (Å²) in [5, 5.41) is 24.9. The summed E-state index contributed by atoms with van der Waals surface area (Å²) in [5.41, 5.74) is 3.50. The number of hydrazone groups is 1. The first kappa shape index (κ1) is 16.3. The van der Waals surface area contributed by atoms with Crippen molar-refractivity contribution >= 4 is 22.9 Å². The molecule has 1 amide bonds. The van der Waals surface area contributed by atoms with Gasteiger partial charge in [-0.15, -0.1) is 0 Å². The van der Waals surface area contributed by atoms with Crippen molar-refractivity contribution in [2.24, 2.45) is 5.10 Å². The van der Waals surface area contributed by atoms with Crippen LogP contribution in [-0.4, -0.2) is 29.4 Å². The van der Waals surface area contributed by atoms with Crippen LogP contribution in [0.3, 0.4) is 0 Å². The number of hydrogen-bond acceptors (Lipinski definition) is 5. The molecule has 0 saturated carbocycles. The third-order valence-corrected chi connectivity index (χ3v) is 3.75. The van der Waals surface area contributed by atoms with Gasteiger partial charge in [-0.2, -0.15) is 5.10 Å². The Morgan fingerprint density at radius 2 is 1.76 bits per heavy atom. The molecule has 0 aliphatic carbocycles. The minimum Gasteiger partial charge on any atom is -0.507 e. The van der Waals surface area contributed by atoms with Gasteiger partial charge in [0.25, 0.3) is 5.91 Å². The normalized spacial score (nSPS) is 10.9. The van der Waals surface area contributed by atoms with Gasteiger partial charge in [-0.05, 0) is 35.7 Å². The summed E-state index contributed by atoms with van der Waals surface area (Å²) in [7, 11) is 1.41. The predicted octanol–water partition coefficient (Wildman–Crippen LogP) is 3.02. The minimum atomic E-state index is -0.433. The van der Waals surface area contributed by atoms with E-state index in [0.717, 1.165) is 10.9 Å². The van der Waals surface area contributed by atoms with Crippen molar-refractivity contribution in [2.45, 2.75) is 0 Å². The number of phenolic OH excluding ortho intramolecular Hbond substituents is 2. The second-order valence-electron chi connectivity index (χ2n) is 5.31. The topological polar surface area (TPSA) is 91.2 Å². The van der Waals surface area contributed by atoms with Crippen LogP contribution in [0.4, 0.5) is 0 Å². The lowest BCUT2D eigenvalue weighted by molar-refractivity contribution is 0.0954. The van der Waals surface area contributed by atoms with E-state index < -0.39 is 5.91 Å². The number of aromatic hydroxyl groups is 2. The molecule has 25 heavy (non-hydrogen) atoms. The summed E-state index contributed by atoms with van der Waals surface area (Å²) in [4.78, 5) is 12.1. The van der Waals surface area contributed by atoms with E-state index in [2.05, 4.69) is 10.5 Å². The van der Waals surface area contributed by atoms with Crippen LogP contribution in [-0.2, 0) is 0 Å². The zero-order valence-corrected chi connectivity index (χ0v) is 13.4. The second kappa shape index (κ2) is 6.92. The van der Waals surface area contributed by atoms with Crippen molar-refractivity contribution in [3.63, 3.8) is 0 Å². The number of phenols is 2. The molecule has 0 saturated heterocycles. The number of nitrogens with zero attached hydrogens (tertiary/aromatic N) is 1. The van der Waals surface area contributed by atoms with Crippen molar-refractivity contribution in [2.75, 3.05) is 7.11 Å². The Morgan fingerprint density at radius 3 is 2.52 bits per heavy atom. The number of benzene rings is 3. The van der Waals surface area contributed by atoms with Gasteiger partial charge >= 0.3 is 0 Å². The fourth-order valence-corrected chi connectivity index (χ4v) is 2.46. The molecule has 0 fully saturated rings. The van der Waals surface area contributed by atoms with Crippen LogP contribution < -0.4 is 10.2 Å². The SMILES string of the molecule is COc1cc(C(=O)NN=Cc2ccc(O)c3ccccc23)ccc1O. The highest BCUT2D eigenvalue weighted by molar-refractivity contribution is 6.02. The summed E-state index contributed by atoms with van der Waals surface area (Å²) >= 11 is 0. The van der Waals surface area contributed by atoms with Crippen molar-refractivity contribution in [1.29, 1.82) is 0 Å². The summed E-state index contributed by atoms with van der Waals surface area (Å²) < 4.78 is 4.98. The Morgan fingerprint density at radius 1 is 1.04 bits per heavy atom. The smallest absolute Gasteiger partial charge is 0.271 e. The Bertz CT molecular complexity index is 967. The predicted molar refractivity (Wildman–Crippen MR) is 95.3 cm³/mol. The maximum atomic E-state index is 12.1. The van der Waals surface area contributed by atoms with Gasteiger partial charge in [-0.1, -0.05) is 24.3 Å². The minimum absolute atomic E-state index is 0.0434. The lowest BCUT2D eigenvalue weighted by Gasteiger charge is -2.06. The van der Waals surface area contributed by atoms with E-state index >= 15 is 0 Å². The number of fused-ring (bicyclic) bond motifs is 1. The van der Waals surface area contributed by atoms with E-state index in [9.17, 15) is 15.0 Å². The maximum absolute atomic E-state index is 12.1. The van der Waals surface area contributed by atoms with Gasteiger partial charge in [0.2, 0.25) is 0 Å². The molecule has 6 nitrogen and oxygen atoms in total. The zero-order chi connectivity index (χ0) is 17.8. The van der Waals surface area contributed by atoms with Gasteiger partial charge in [0, 0.05) is 16.5 Å². The average molecular weight is 336 g/mol. The second-order valence-corrected chi connectivity index (χ2v) is 5.31. The van der Waals surface area contributed by atoms with E-state index in [1.165, 1.54) is 31.5 Å². The van der Waals surface area contributed by atoms with Crippen molar-refractivity contribution in [3.8, 4) is 17.2 Å². The molecule has 3 aromatic carbocycles. The Balaban J connectivity index is 1.80. The zero-order valence-electron chi connectivity index (χ0n) is 13.4. The van der Waals surface area contributed by atoms with Gasteiger partial charge in [-0.25, -0.2) is 5.43 Å². The van der Waals surface area contributed by atoms with Crippen LogP contribution in [0.25, 0.3) is 10.8 Å². The lowest BCUT2D eigenvalue weighted by atomic mass is 10.0. The van der Waals surface area contributed by atoms with Crippen molar-refractivity contribution in [1.82, 2.24) is 5.43 Å². The molecule has 0 aliphatic rings. The summed E-state index contributed by atoms with van der Waals surface area (Å²) in [6.07, 6.45) is 1.51. The highest BCUT2D eigenvalue weighted by atomic mass is 16.5. The van der Waals surface area contributed by atoms with Gasteiger partial charge in [0.1, 0.15) is 5.75 Å². The molecule has 0 atom stereocenters. The van der Waals surface area contributed by atoms with Gasteiger partial charge in [0.05, 0.1) is 13.3 Å². The molecule has 126 valence electrons. The van der Waals surface area contributed by atoms with E-state index in [1.807, 2.05) is 24.3 Å². The third-order valence-electron chi connectivity index (χ3n) is 3.75. The Labute approximate surface area is 144 Å². The van der Waals surface area contributed by atoms with Crippen molar-refractivity contribution in [3.05, 3.63) is 65.7 Å². The molecular formula is C19H16N2O4. The molecule has 0 aliphatic heterocycles. The van der Waals surface area contributed by atoms with Crippen LogP contribution in [0.2, 0.25) is 0 Å². The first-order chi connectivity index (χ1) is 12.1. The summed E-state index contributed by atoms with van der Waals surface area (Å²) in [6, 6.07) is 14.9. The standard InChI is InChI=1S/C19H16N2O4/c1-25-18-10-12(6-9-17(18)23)19(24)21-20-11-13-7-8-16(22)15-5-3-2-4-14(13)15/h2-11,22-23H,1H3,(H,21,24). The fourth-order valence-electron chi connectivity index (χ4n) is 2.46. The number of carbonyl (C=O) groups excluding carboxylic acids is 1. The molecule has 0 aromatic heterocycles. The van der Waals surface area contributed by atoms with E-state index in [-0.39, 0.29) is 17.2 Å². The average Bonchev–Trinajstić information content (AvgIpc) is 2.64. The highest BCUT2D eigenvalue weighted by Gasteiger charge is 2.09. The first-order valence-electron chi connectivity index (χ1n) is 7.51. The maximum Gasteiger partial charge on any atom is 0.271 e. The number of hydrogen-bond donors (Lipinski definition) is 3. The van der Waals surface area contributed by atoms with Crippen LogP contribution in [0.1, 0.15) is 15.9 Å². The number of ether oxygens (including phenoxy) is 1. The number of carbonyl (C=O) groups is 1. The lowest BCUT2D eigenvalue weighted by Crippen LogP contribution is -2.17. The van der Waals surface area contributed by atoms with Crippen molar-refractivity contribution < 1.29 is 19.7 Å². The molecule has 3 N–H and O–H groups in total. The number of rotatable bonds is 4. The van der Waals surface area contributed by atoms with Crippen LogP contribution in [0, 0.1) is 0 Å². The summed E-state index contributed by atoms with van der Waals surface area (Å²) in [5.74, 6) is -0.0788. The monoisotopic (exact) mass is 336 g/mol. The number of amides is 1. The molecule has 0 unspecified atom stereocenters. The molecular weight excluding hydrogens is 320 g/mol. The molecule has 0 bridgehead atoms. The van der Waals surface area contributed by atoms with E-state index in [0.29, 0.717) is 10.9 Å². The van der Waals surface area contributed by atoms with Gasteiger partial charge < -0.3 is 14.9 Å². The fraction of sp³-hybridized carbons (Fsp3) is 0.0526. The largest absolute Gasteiger partial charge is 0.507 e. The third kappa shape index (κ3) is 3.37. The van der Waals surface area contributed by atoms with Crippen LogP contribution in [0.15, 0.2) is 59.7 Å². The van der Waals surface area contributed by atoms with Gasteiger partial charge in [-0.3, -0.25) is 4.79 Å². The number of nitrogens with one attached hydrogen (secondary N) is 1. The molecule has 0 spiro atoms. The van der Waals surface area contributed by atoms with E-state index in [1.54, 1.807) is 12.1 Å². The molecule has 3 rings (SSSR count). The molecule has 0 radical (unpaired) electrons. The number of methoxy groups -OCH3 is 1. The molecule has 0 heterocycles.